The summed E-state index contributed by atoms with van der Waals surface area (Å²) in [6, 6.07) is 14.2. The molecule has 3 fully saturated rings. The number of aromatic nitrogens is 1. The van der Waals surface area contributed by atoms with E-state index < -0.39 is 5.60 Å². The smallest absolute Gasteiger partial charge is 0.410 e. The fraction of sp³-hybridized carbons (Fsp3) is 0.414. The van der Waals surface area contributed by atoms with Crippen LogP contribution in [0.5, 0.6) is 0 Å². The lowest BCUT2D eigenvalue weighted by Crippen LogP contribution is -2.73. The molecule has 0 atom stereocenters. The van der Waals surface area contributed by atoms with Crippen molar-refractivity contribution in [2.45, 2.75) is 45.1 Å². The number of carbonyl (C=O) groups excluding carboxylic acids is 1. The number of fused-ring (bicyclic) bond motifs is 1. The second kappa shape index (κ2) is 7.71. The van der Waals surface area contributed by atoms with Gasteiger partial charge in [0.1, 0.15) is 5.60 Å². The molecule has 6 heteroatoms. The molecule has 3 aromatic rings. The zero-order valence-corrected chi connectivity index (χ0v) is 20.5. The number of likely N-dealkylation sites (tertiary alicyclic amines) is 1. The van der Waals surface area contributed by atoms with Gasteiger partial charge in [0, 0.05) is 42.5 Å². The van der Waals surface area contributed by atoms with Gasteiger partial charge in [-0.3, -0.25) is 4.98 Å². The molecule has 1 amide bonds. The summed E-state index contributed by atoms with van der Waals surface area (Å²) in [5.41, 5.74) is 6.27. The minimum Gasteiger partial charge on any atom is -0.444 e. The van der Waals surface area contributed by atoms with E-state index in [2.05, 4.69) is 34.1 Å². The van der Waals surface area contributed by atoms with Crippen LogP contribution in [0.4, 0.5) is 16.2 Å². The Bertz CT molecular complexity index is 1350. The van der Waals surface area contributed by atoms with Gasteiger partial charge < -0.3 is 14.5 Å². The van der Waals surface area contributed by atoms with Crippen LogP contribution in [0, 0.1) is 12.0 Å². The maximum Gasteiger partial charge on any atom is 0.410 e. The van der Waals surface area contributed by atoms with E-state index in [4.69, 9.17) is 16.3 Å². The molecule has 1 saturated carbocycles. The molecule has 0 radical (unpaired) electrons. The molecular weight excluding hydrogens is 436 g/mol. The standard InChI is InChI=1S/C29H30N4O2/c1-28(2,3)35-27(34)33-17-29(18-33)15-32(16-29)24-14-31-26-22(19-10-12-21(30-4)13-11-19)6-5-7-23(26)25(24)20-8-9-20/h5-7,10-14,20H,8-9,15-18H2,1-3H3. The lowest BCUT2D eigenvalue weighted by Gasteiger charge is -2.60. The molecule has 2 aliphatic heterocycles. The summed E-state index contributed by atoms with van der Waals surface area (Å²) in [7, 11) is 0. The van der Waals surface area contributed by atoms with Crippen LogP contribution in [0.1, 0.15) is 45.1 Å². The van der Waals surface area contributed by atoms with Gasteiger partial charge in [-0.1, -0.05) is 42.5 Å². The Kier molecular flexibility index (Phi) is 4.83. The lowest BCUT2D eigenvalue weighted by atomic mass is 9.72. The van der Waals surface area contributed by atoms with Gasteiger partial charge in [0.15, 0.2) is 5.69 Å². The zero-order chi connectivity index (χ0) is 24.4. The summed E-state index contributed by atoms with van der Waals surface area (Å²) in [6.45, 7) is 16.4. The van der Waals surface area contributed by atoms with Gasteiger partial charge >= 0.3 is 6.09 Å². The summed E-state index contributed by atoms with van der Waals surface area (Å²) in [4.78, 5) is 25.1. The molecule has 1 aliphatic carbocycles. The molecule has 3 aliphatic rings. The first-order valence-corrected chi connectivity index (χ1v) is 12.4. The molecular formula is C29H30N4O2. The molecule has 3 heterocycles. The van der Waals surface area contributed by atoms with Crippen molar-refractivity contribution < 1.29 is 9.53 Å². The van der Waals surface area contributed by atoms with E-state index in [1.807, 2.05) is 49.9 Å². The van der Waals surface area contributed by atoms with Crippen molar-refractivity contribution in [2.24, 2.45) is 5.41 Å². The van der Waals surface area contributed by atoms with Crippen LogP contribution in [-0.2, 0) is 4.74 Å². The Labute approximate surface area is 206 Å². The molecule has 35 heavy (non-hydrogen) atoms. The normalized spacial score (nSPS) is 18.7. The van der Waals surface area contributed by atoms with Gasteiger partial charge in [-0.2, -0.15) is 0 Å². The first-order chi connectivity index (χ1) is 16.8. The topological polar surface area (TPSA) is 50.0 Å². The first kappa shape index (κ1) is 21.9. The molecule has 6 nitrogen and oxygen atoms in total. The number of amides is 1. The number of pyridine rings is 1. The van der Waals surface area contributed by atoms with Crippen LogP contribution in [0.15, 0.2) is 48.7 Å². The van der Waals surface area contributed by atoms with Crippen molar-refractivity contribution in [2.75, 3.05) is 31.1 Å². The predicted octanol–water partition coefficient (Wildman–Crippen LogP) is 6.39. The van der Waals surface area contributed by atoms with Crippen LogP contribution in [-0.4, -0.2) is 47.8 Å². The van der Waals surface area contributed by atoms with Gasteiger partial charge in [0.25, 0.3) is 0 Å². The highest BCUT2D eigenvalue weighted by molar-refractivity contribution is 5.98. The zero-order valence-electron chi connectivity index (χ0n) is 20.5. The van der Waals surface area contributed by atoms with Crippen LogP contribution in [0.2, 0.25) is 0 Å². The summed E-state index contributed by atoms with van der Waals surface area (Å²) in [6.07, 6.45) is 4.30. The Morgan fingerprint density at radius 2 is 1.80 bits per heavy atom. The van der Waals surface area contributed by atoms with Crippen LogP contribution in [0.25, 0.3) is 26.9 Å². The van der Waals surface area contributed by atoms with Crippen molar-refractivity contribution in [1.82, 2.24) is 9.88 Å². The quantitative estimate of drug-likeness (QED) is 0.420. The first-order valence-electron chi connectivity index (χ1n) is 12.4. The van der Waals surface area contributed by atoms with Gasteiger partial charge in [-0.15, -0.1) is 0 Å². The predicted molar refractivity (Wildman–Crippen MR) is 138 cm³/mol. The fourth-order valence-corrected chi connectivity index (χ4v) is 5.59. The number of anilines is 1. The number of para-hydroxylation sites is 1. The van der Waals surface area contributed by atoms with Crippen molar-refractivity contribution in [3.05, 3.63) is 65.6 Å². The number of ether oxygens (including phenoxy) is 1. The Hall–Kier alpha value is -3.59. The third-order valence-corrected chi connectivity index (χ3v) is 7.31. The third kappa shape index (κ3) is 3.89. The number of hydrogen-bond donors (Lipinski definition) is 0. The van der Waals surface area contributed by atoms with E-state index in [0.29, 0.717) is 11.6 Å². The van der Waals surface area contributed by atoms with Crippen molar-refractivity contribution in [1.29, 1.82) is 0 Å². The van der Waals surface area contributed by atoms with Gasteiger partial charge in [0.2, 0.25) is 0 Å². The Morgan fingerprint density at radius 1 is 1.09 bits per heavy atom. The van der Waals surface area contributed by atoms with E-state index in [0.717, 1.165) is 42.8 Å². The van der Waals surface area contributed by atoms with Crippen LogP contribution < -0.4 is 4.90 Å². The van der Waals surface area contributed by atoms with Crippen LogP contribution >= 0.6 is 0 Å². The number of rotatable bonds is 3. The van der Waals surface area contributed by atoms with Crippen molar-refractivity contribution >= 4 is 28.4 Å². The molecule has 1 spiro atoms. The molecule has 0 bridgehead atoms. The maximum atomic E-state index is 12.4. The summed E-state index contributed by atoms with van der Waals surface area (Å²) in [5.74, 6) is 0.589. The highest BCUT2D eigenvalue weighted by Crippen LogP contribution is 2.51. The second-order valence-corrected chi connectivity index (χ2v) is 11.4. The van der Waals surface area contributed by atoms with Crippen LogP contribution in [0.3, 0.4) is 0 Å². The van der Waals surface area contributed by atoms with E-state index in [1.54, 1.807) is 0 Å². The molecule has 1 aromatic heterocycles. The fourth-order valence-electron chi connectivity index (χ4n) is 5.59. The summed E-state index contributed by atoms with van der Waals surface area (Å²) < 4.78 is 5.53. The number of benzene rings is 2. The highest BCUT2D eigenvalue weighted by Gasteiger charge is 2.54. The number of nitrogens with zero attached hydrogens (tertiary/aromatic N) is 4. The minimum atomic E-state index is -0.459. The highest BCUT2D eigenvalue weighted by atomic mass is 16.6. The average molecular weight is 467 g/mol. The number of hydrogen-bond acceptors (Lipinski definition) is 4. The van der Waals surface area contributed by atoms with Crippen molar-refractivity contribution in [3.8, 4) is 11.1 Å². The Morgan fingerprint density at radius 3 is 2.43 bits per heavy atom. The molecule has 178 valence electrons. The van der Waals surface area contributed by atoms with Gasteiger partial charge in [0.05, 0.1) is 24.0 Å². The molecule has 0 N–H and O–H groups in total. The minimum absolute atomic E-state index is 0.180. The largest absolute Gasteiger partial charge is 0.444 e. The van der Waals surface area contributed by atoms with E-state index in [1.165, 1.54) is 29.5 Å². The average Bonchev–Trinajstić information content (AvgIpc) is 3.60. The molecule has 6 rings (SSSR count). The maximum absolute atomic E-state index is 12.4. The second-order valence-electron chi connectivity index (χ2n) is 11.4. The summed E-state index contributed by atoms with van der Waals surface area (Å²) in [5, 5.41) is 1.24. The number of carbonyl (C=O) groups is 1. The van der Waals surface area contributed by atoms with Gasteiger partial charge in [-0.05, 0) is 50.7 Å². The monoisotopic (exact) mass is 466 g/mol. The van der Waals surface area contributed by atoms with E-state index >= 15 is 0 Å². The molecule has 0 unspecified atom stereocenters. The third-order valence-electron chi connectivity index (χ3n) is 7.31. The lowest BCUT2D eigenvalue weighted by molar-refractivity contribution is -0.0453. The summed E-state index contributed by atoms with van der Waals surface area (Å²) >= 11 is 0. The van der Waals surface area contributed by atoms with Gasteiger partial charge in [-0.25, -0.2) is 9.64 Å². The van der Waals surface area contributed by atoms with Crippen molar-refractivity contribution in [3.63, 3.8) is 0 Å². The Balaban J connectivity index is 1.25. The SMILES string of the molecule is [C-]#[N+]c1ccc(-c2cccc3c(C4CC4)c(N4CC5(CN(C(=O)OC(C)(C)C)C5)C4)cnc23)cc1. The van der Waals surface area contributed by atoms with E-state index in [9.17, 15) is 4.79 Å². The molecule has 2 saturated heterocycles. The molecule has 2 aromatic carbocycles. The van der Waals surface area contributed by atoms with E-state index in [-0.39, 0.29) is 11.5 Å².